The number of nitrogens with one attached hydrogen (secondary N) is 6. The van der Waals surface area contributed by atoms with Crippen LogP contribution in [0.15, 0.2) is 29.3 Å². The number of aromatic hydroxyl groups is 1. The molecule has 0 radical (unpaired) electrons. The van der Waals surface area contributed by atoms with Crippen molar-refractivity contribution in [3.05, 3.63) is 29.8 Å². The van der Waals surface area contributed by atoms with Crippen LogP contribution in [0.5, 0.6) is 5.75 Å². The van der Waals surface area contributed by atoms with Crippen LogP contribution in [0.25, 0.3) is 0 Å². The summed E-state index contributed by atoms with van der Waals surface area (Å²) in [4.78, 5) is 113. The molecule has 2 heterocycles. The van der Waals surface area contributed by atoms with E-state index >= 15 is 0 Å². The molecule has 3 rings (SSSR count). The van der Waals surface area contributed by atoms with Crippen LogP contribution in [-0.2, 0) is 44.8 Å². The van der Waals surface area contributed by atoms with Gasteiger partial charge in [0.25, 0.3) is 0 Å². The smallest absolute Gasteiger partial charge is 0.245 e. The molecule has 0 saturated carbocycles. The molecule has 0 unspecified atom stereocenters. The Morgan fingerprint density at radius 3 is 1.98 bits per heavy atom. The highest BCUT2D eigenvalue weighted by Gasteiger charge is 2.39. The van der Waals surface area contributed by atoms with Gasteiger partial charge in [-0.1, -0.05) is 39.8 Å². The second-order valence-corrected chi connectivity index (χ2v) is 17.0. The third-order valence-corrected chi connectivity index (χ3v) is 10.9. The highest BCUT2D eigenvalue weighted by molar-refractivity contribution is 5.98. The minimum atomic E-state index is -1.31. The number of carbonyl (C=O) groups excluding carboxylic acids is 8. The summed E-state index contributed by atoms with van der Waals surface area (Å²) in [5.74, 6) is -5.51. The summed E-state index contributed by atoms with van der Waals surface area (Å²) < 4.78 is 0. The van der Waals surface area contributed by atoms with Crippen LogP contribution in [0.2, 0.25) is 0 Å². The molecule has 2 aliphatic heterocycles. The first-order chi connectivity index (χ1) is 29.8. The van der Waals surface area contributed by atoms with Crippen molar-refractivity contribution in [2.75, 3.05) is 19.6 Å². The number of unbranched alkanes of at least 4 members (excludes halogenated alkanes) is 1. The maximum atomic E-state index is 14.3. The Bertz CT molecular complexity index is 1790. The molecule has 21 nitrogen and oxygen atoms in total. The predicted molar refractivity (Wildman–Crippen MR) is 234 cm³/mol. The lowest BCUT2D eigenvalue weighted by atomic mass is 9.99. The Morgan fingerprint density at radius 1 is 0.794 bits per heavy atom. The van der Waals surface area contributed by atoms with Crippen molar-refractivity contribution in [2.45, 2.75) is 141 Å². The van der Waals surface area contributed by atoms with Gasteiger partial charge in [0.2, 0.25) is 47.3 Å². The monoisotopic (exact) mass is 885 g/mol. The van der Waals surface area contributed by atoms with E-state index in [1.165, 1.54) is 17.0 Å². The minimum Gasteiger partial charge on any atom is -0.508 e. The van der Waals surface area contributed by atoms with Gasteiger partial charge < -0.3 is 64.8 Å². The number of guanidine groups is 1. The highest BCUT2D eigenvalue weighted by atomic mass is 16.3. The molecule has 350 valence electrons. The SMILES string of the molecule is CC(C)C[C@H](NC(=O)[C@H](CCCCN)NC(=O)[C@@H](NC(=O)[C@@H]1CCC(=O)N1)C(C)C)C(=O)N[C@@H](Cc1ccc(O)cc1)C(=O)N[C@@H](CCCN=C(N)N)C(=O)N1CCC[C@H]1C(N)=O. The fourth-order valence-electron chi connectivity index (χ4n) is 7.51. The van der Waals surface area contributed by atoms with Crippen LogP contribution in [-0.4, -0.2) is 125 Å². The quantitative estimate of drug-likeness (QED) is 0.0289. The van der Waals surface area contributed by atoms with Gasteiger partial charge in [0, 0.05) is 25.9 Å². The topological polar surface area (TPSA) is 349 Å². The lowest BCUT2D eigenvalue weighted by Gasteiger charge is -2.30. The lowest BCUT2D eigenvalue weighted by molar-refractivity contribution is -0.141. The van der Waals surface area contributed by atoms with Crippen LogP contribution in [0.4, 0.5) is 0 Å². The van der Waals surface area contributed by atoms with Crippen LogP contribution in [0.3, 0.4) is 0 Å². The summed E-state index contributed by atoms with van der Waals surface area (Å²) in [7, 11) is 0. The molecule has 1 aromatic rings. The Kier molecular flexibility index (Phi) is 20.5. The van der Waals surface area contributed by atoms with Crippen molar-refractivity contribution in [3.63, 3.8) is 0 Å². The third kappa shape index (κ3) is 16.7. The number of aliphatic imine (C=N–C) groups is 1. The van der Waals surface area contributed by atoms with Gasteiger partial charge >= 0.3 is 0 Å². The second kappa shape index (κ2) is 25.2. The van der Waals surface area contributed by atoms with Crippen molar-refractivity contribution in [1.82, 2.24) is 36.8 Å². The Hall–Kier alpha value is -5.99. The fourth-order valence-corrected chi connectivity index (χ4v) is 7.51. The number of phenols is 1. The molecule has 0 spiro atoms. The zero-order chi connectivity index (χ0) is 46.8. The number of hydrogen-bond acceptors (Lipinski definition) is 11. The molecule has 2 aliphatic rings. The average molecular weight is 885 g/mol. The van der Waals surface area contributed by atoms with Gasteiger partial charge in [0.05, 0.1) is 0 Å². The highest BCUT2D eigenvalue weighted by Crippen LogP contribution is 2.20. The molecular weight excluding hydrogens is 817 g/mol. The molecular formula is C42H68N12O9. The first-order valence-corrected chi connectivity index (χ1v) is 21.8. The van der Waals surface area contributed by atoms with E-state index < -0.39 is 89.6 Å². The van der Waals surface area contributed by atoms with E-state index in [1.54, 1.807) is 26.0 Å². The van der Waals surface area contributed by atoms with Crippen molar-refractivity contribution in [1.29, 1.82) is 0 Å². The van der Waals surface area contributed by atoms with E-state index in [0.29, 0.717) is 37.8 Å². The molecule has 8 amide bonds. The number of nitrogens with zero attached hydrogens (tertiary/aromatic N) is 2. The van der Waals surface area contributed by atoms with Crippen molar-refractivity contribution in [3.8, 4) is 5.75 Å². The molecule has 0 aromatic heterocycles. The van der Waals surface area contributed by atoms with Crippen LogP contribution < -0.4 is 54.8 Å². The molecule has 7 atom stereocenters. The van der Waals surface area contributed by atoms with Crippen molar-refractivity contribution < 1.29 is 43.5 Å². The molecule has 2 saturated heterocycles. The maximum Gasteiger partial charge on any atom is 0.245 e. The van der Waals surface area contributed by atoms with Crippen molar-refractivity contribution >= 4 is 53.2 Å². The average Bonchev–Trinajstić information content (AvgIpc) is 3.90. The summed E-state index contributed by atoms with van der Waals surface area (Å²) in [5.41, 5.74) is 22.9. The van der Waals surface area contributed by atoms with E-state index in [9.17, 15) is 43.5 Å². The maximum absolute atomic E-state index is 14.3. The number of rotatable bonds is 25. The Labute approximate surface area is 368 Å². The number of hydrogen-bond donors (Lipinski definition) is 11. The molecule has 63 heavy (non-hydrogen) atoms. The number of phenolic OH excluding ortho intramolecular Hbond substituents is 1. The first-order valence-electron chi connectivity index (χ1n) is 21.8. The number of likely N-dealkylation sites (tertiary alicyclic amines) is 1. The van der Waals surface area contributed by atoms with E-state index in [0.717, 1.165) is 0 Å². The number of nitrogens with two attached hydrogens (primary N) is 4. The van der Waals surface area contributed by atoms with Crippen molar-refractivity contribution in [2.24, 2.45) is 39.8 Å². The third-order valence-electron chi connectivity index (χ3n) is 10.9. The second-order valence-electron chi connectivity index (χ2n) is 17.0. The summed E-state index contributed by atoms with van der Waals surface area (Å²) >= 11 is 0. The zero-order valence-corrected chi connectivity index (χ0v) is 36.8. The van der Waals surface area contributed by atoms with Gasteiger partial charge in [-0.05, 0) is 93.9 Å². The summed E-state index contributed by atoms with van der Waals surface area (Å²) in [5, 5.41) is 26.3. The predicted octanol–water partition coefficient (Wildman–Crippen LogP) is -2.00. The Balaban J connectivity index is 1.89. The lowest BCUT2D eigenvalue weighted by Crippen LogP contribution is -2.60. The molecule has 2 fully saturated rings. The Morgan fingerprint density at radius 2 is 1.40 bits per heavy atom. The van der Waals surface area contributed by atoms with Gasteiger partial charge in [-0.2, -0.15) is 0 Å². The van der Waals surface area contributed by atoms with Gasteiger partial charge in [0.15, 0.2) is 5.96 Å². The summed E-state index contributed by atoms with van der Waals surface area (Å²) in [6.45, 7) is 7.85. The standard InChI is InChI=1S/C42H68N12O9/c1-23(2)21-30(51-36(58)27(9-5-6-18-43)49-40(62)34(24(3)4)53-37(59)28-16-17-33(56)48-28)38(60)52-31(22-25-12-14-26(55)15-13-25)39(61)50-29(10-7-19-47-42(45)46)41(63)54-20-8-11-32(54)35(44)57/h12-15,23-24,27-32,34,55H,5-11,16-22,43H2,1-4H3,(H2,44,57)(H,48,56)(H,49,62)(H,50,61)(H,51,58)(H,52,60)(H,53,59)(H4,45,46,47)/t27-,28-,29-,30-,31-,32-,34-/m0/s1. The van der Waals surface area contributed by atoms with Crippen LogP contribution >= 0.6 is 0 Å². The van der Waals surface area contributed by atoms with E-state index in [4.69, 9.17) is 22.9 Å². The molecule has 21 heteroatoms. The largest absolute Gasteiger partial charge is 0.508 e. The minimum absolute atomic E-state index is 0.0259. The summed E-state index contributed by atoms with van der Waals surface area (Å²) in [6, 6.07) is -1.54. The fraction of sp³-hybridized carbons (Fsp3) is 0.643. The number of carbonyl (C=O) groups is 8. The van der Waals surface area contributed by atoms with Gasteiger partial charge in [-0.25, -0.2) is 0 Å². The molecule has 0 bridgehead atoms. The van der Waals surface area contributed by atoms with E-state index in [-0.39, 0.29) is 81.6 Å². The first kappa shape index (κ1) is 51.4. The summed E-state index contributed by atoms with van der Waals surface area (Å²) in [6.07, 6.45) is 2.89. The molecule has 1 aromatic carbocycles. The molecule has 0 aliphatic carbocycles. The van der Waals surface area contributed by atoms with Crippen LogP contribution in [0, 0.1) is 11.8 Å². The number of benzene rings is 1. The van der Waals surface area contributed by atoms with Gasteiger partial charge in [0.1, 0.15) is 48.0 Å². The van der Waals surface area contributed by atoms with E-state index in [2.05, 4.69) is 36.9 Å². The van der Waals surface area contributed by atoms with Crippen LogP contribution in [0.1, 0.15) is 97.5 Å². The van der Waals surface area contributed by atoms with Gasteiger partial charge in [-0.3, -0.25) is 43.3 Å². The number of amides is 8. The van der Waals surface area contributed by atoms with Gasteiger partial charge in [-0.15, -0.1) is 0 Å². The zero-order valence-electron chi connectivity index (χ0n) is 36.8. The normalized spacial score (nSPS) is 18.3. The number of primary amides is 1. The van der Waals surface area contributed by atoms with E-state index in [1.807, 2.05) is 13.8 Å². The molecule has 15 N–H and O–H groups in total.